The highest BCUT2D eigenvalue weighted by atomic mass is 31.2. The highest BCUT2D eigenvalue weighted by molar-refractivity contribution is 7.46. The maximum Gasteiger partial charge on any atom is 0.469 e. The lowest BCUT2D eigenvalue weighted by Gasteiger charge is -2.18. The molecule has 0 fully saturated rings. The number of rotatable bonds is 29. The smallest absolute Gasteiger partial charge is 0.462 e. The summed E-state index contributed by atoms with van der Waals surface area (Å²) in [4.78, 5) is 42.3. The molecule has 9 heteroatoms. The molecule has 0 aromatic heterocycles. The van der Waals surface area contributed by atoms with Crippen LogP contribution in [0.3, 0.4) is 0 Å². The fraction of sp³-hybridized carbons (Fsp3) is 0.758. The van der Waals surface area contributed by atoms with E-state index in [2.05, 4.69) is 48.8 Å². The topological polar surface area (TPSA) is 119 Å². The van der Waals surface area contributed by atoms with E-state index in [4.69, 9.17) is 19.3 Å². The number of hydrogen-bond donors (Lipinski definition) is 2. The Labute approximate surface area is 255 Å². The minimum absolute atomic E-state index is 0.196. The largest absolute Gasteiger partial charge is 0.469 e. The van der Waals surface area contributed by atoms with Crippen molar-refractivity contribution in [2.45, 2.75) is 148 Å². The molecule has 0 aliphatic carbocycles. The Kier molecular flexibility index (Phi) is 28.1. The van der Waals surface area contributed by atoms with Crippen LogP contribution in [0.4, 0.5) is 0 Å². The van der Waals surface area contributed by atoms with Gasteiger partial charge in [0, 0.05) is 12.8 Å². The van der Waals surface area contributed by atoms with Gasteiger partial charge in [-0.05, 0) is 44.9 Å². The van der Waals surface area contributed by atoms with E-state index in [1.165, 1.54) is 57.8 Å². The zero-order valence-corrected chi connectivity index (χ0v) is 27.3. The molecule has 0 heterocycles. The fourth-order valence-electron chi connectivity index (χ4n) is 4.21. The van der Waals surface area contributed by atoms with Crippen molar-refractivity contribution >= 4 is 19.8 Å². The lowest BCUT2D eigenvalue weighted by Crippen LogP contribution is -2.29. The number of phosphoric acid groups is 1. The van der Waals surface area contributed by atoms with Gasteiger partial charge in [-0.15, -0.1) is 0 Å². The van der Waals surface area contributed by atoms with Crippen LogP contribution >= 0.6 is 7.82 Å². The van der Waals surface area contributed by atoms with Crippen molar-refractivity contribution in [2.24, 2.45) is 0 Å². The quantitative estimate of drug-likeness (QED) is 0.0371. The van der Waals surface area contributed by atoms with E-state index < -0.39 is 32.5 Å². The fourth-order valence-corrected chi connectivity index (χ4v) is 4.57. The van der Waals surface area contributed by atoms with E-state index in [0.29, 0.717) is 12.8 Å². The number of allylic oxidation sites excluding steroid dienone is 6. The van der Waals surface area contributed by atoms with E-state index in [9.17, 15) is 14.2 Å². The van der Waals surface area contributed by atoms with Crippen LogP contribution in [0.25, 0.3) is 0 Å². The summed E-state index contributed by atoms with van der Waals surface area (Å²) in [6, 6.07) is 0. The zero-order valence-electron chi connectivity index (χ0n) is 26.4. The minimum Gasteiger partial charge on any atom is -0.462 e. The normalized spacial score (nSPS) is 13.0. The Hall–Kier alpha value is -1.73. The van der Waals surface area contributed by atoms with Crippen molar-refractivity contribution in [3.05, 3.63) is 36.5 Å². The van der Waals surface area contributed by atoms with Gasteiger partial charge in [0.25, 0.3) is 0 Å². The molecule has 42 heavy (non-hydrogen) atoms. The second-order valence-electron chi connectivity index (χ2n) is 10.8. The van der Waals surface area contributed by atoms with E-state index in [-0.39, 0.29) is 19.4 Å². The Morgan fingerprint density at radius 1 is 0.619 bits per heavy atom. The summed E-state index contributed by atoms with van der Waals surface area (Å²) >= 11 is 0. The highest BCUT2D eigenvalue weighted by Crippen LogP contribution is 2.35. The van der Waals surface area contributed by atoms with Crippen LogP contribution < -0.4 is 0 Å². The first-order valence-electron chi connectivity index (χ1n) is 16.3. The van der Waals surface area contributed by atoms with Gasteiger partial charge in [0.2, 0.25) is 0 Å². The maximum atomic E-state index is 12.2. The third-order valence-electron chi connectivity index (χ3n) is 6.66. The van der Waals surface area contributed by atoms with E-state index >= 15 is 0 Å². The Bertz CT molecular complexity index is 787. The molecule has 8 nitrogen and oxygen atoms in total. The predicted molar refractivity (Wildman–Crippen MR) is 170 cm³/mol. The van der Waals surface area contributed by atoms with Crippen LogP contribution in [0.1, 0.15) is 142 Å². The molecule has 2 N–H and O–H groups in total. The summed E-state index contributed by atoms with van der Waals surface area (Å²) in [6.45, 7) is 3.54. The molecule has 0 rings (SSSR count). The van der Waals surface area contributed by atoms with Gasteiger partial charge in [-0.25, -0.2) is 4.57 Å². The molecule has 0 aromatic carbocycles. The summed E-state index contributed by atoms with van der Waals surface area (Å²) in [6.07, 6.45) is 31.9. The number of unbranched alkanes of at least 4 members (excludes halogenated alkanes) is 13. The van der Waals surface area contributed by atoms with Gasteiger partial charge in [-0.2, -0.15) is 0 Å². The van der Waals surface area contributed by atoms with Gasteiger partial charge < -0.3 is 19.3 Å². The number of phosphoric ester groups is 1. The lowest BCUT2D eigenvalue weighted by molar-refractivity contribution is -0.161. The standard InChI is InChI=1S/C33H59O8P/c1-3-5-7-9-11-12-13-14-15-16-17-18-19-20-22-23-25-27-32(34)39-29-31(30-40-42(36,37)38)41-33(35)28-26-24-21-10-8-6-4-2/h14-15,17-18,20,22,31H,3-13,16,19,21,23-30H2,1-2H3,(H2,36,37,38)/b15-14+,18-17+,22-20+/t31-/m1/s1. The van der Waals surface area contributed by atoms with Gasteiger partial charge in [0.15, 0.2) is 6.10 Å². The molecular formula is C33H59O8P. The number of carbonyl (C=O) groups is 2. The summed E-state index contributed by atoms with van der Waals surface area (Å²) in [5.74, 6) is -0.956. The summed E-state index contributed by atoms with van der Waals surface area (Å²) in [5, 5.41) is 0. The van der Waals surface area contributed by atoms with Crippen LogP contribution in [0, 0.1) is 0 Å². The van der Waals surface area contributed by atoms with E-state index in [1.807, 2.05) is 6.08 Å². The Morgan fingerprint density at radius 3 is 1.67 bits per heavy atom. The lowest BCUT2D eigenvalue weighted by atomic mass is 10.1. The van der Waals surface area contributed by atoms with Crippen molar-refractivity contribution in [3.8, 4) is 0 Å². The summed E-state index contributed by atoms with van der Waals surface area (Å²) in [5.41, 5.74) is 0. The molecular weight excluding hydrogens is 555 g/mol. The third kappa shape index (κ3) is 31.2. The second kappa shape index (κ2) is 29.3. The average molecular weight is 615 g/mol. The van der Waals surface area contributed by atoms with Gasteiger partial charge in [0.1, 0.15) is 6.61 Å². The average Bonchev–Trinajstić information content (AvgIpc) is 2.95. The molecule has 0 saturated heterocycles. The Balaban J connectivity index is 4.07. The molecule has 1 atom stereocenters. The van der Waals surface area contributed by atoms with Crippen molar-refractivity contribution < 1.29 is 37.9 Å². The number of ether oxygens (including phenoxy) is 2. The van der Waals surface area contributed by atoms with Crippen molar-refractivity contribution in [1.82, 2.24) is 0 Å². The van der Waals surface area contributed by atoms with Crippen molar-refractivity contribution in [1.29, 1.82) is 0 Å². The number of carbonyl (C=O) groups excluding carboxylic acids is 2. The van der Waals surface area contributed by atoms with Crippen LogP contribution in [0.15, 0.2) is 36.5 Å². The molecule has 0 amide bonds. The van der Waals surface area contributed by atoms with Crippen LogP contribution in [0.5, 0.6) is 0 Å². The van der Waals surface area contributed by atoms with Gasteiger partial charge in [0.05, 0.1) is 6.61 Å². The maximum absolute atomic E-state index is 12.2. The van der Waals surface area contributed by atoms with Crippen LogP contribution in [-0.4, -0.2) is 41.0 Å². The van der Waals surface area contributed by atoms with Gasteiger partial charge >= 0.3 is 19.8 Å². The molecule has 244 valence electrons. The molecule has 0 aliphatic heterocycles. The number of hydrogen-bond acceptors (Lipinski definition) is 6. The molecule has 0 aromatic rings. The van der Waals surface area contributed by atoms with Crippen LogP contribution in [-0.2, 0) is 28.2 Å². The van der Waals surface area contributed by atoms with Crippen molar-refractivity contribution in [2.75, 3.05) is 13.2 Å². The SMILES string of the molecule is CCCCCCCC/C=C/C/C=C/C/C=C/CCCC(=O)OC[C@H](COP(=O)(O)O)OC(=O)CCCCCCCCC. The molecule has 0 saturated carbocycles. The molecule has 0 spiro atoms. The minimum atomic E-state index is -4.75. The van der Waals surface area contributed by atoms with Gasteiger partial charge in [-0.3, -0.25) is 14.1 Å². The first kappa shape index (κ1) is 40.3. The molecule has 0 unspecified atom stereocenters. The number of esters is 2. The van der Waals surface area contributed by atoms with E-state index in [1.54, 1.807) is 0 Å². The predicted octanol–water partition coefficient (Wildman–Crippen LogP) is 9.06. The summed E-state index contributed by atoms with van der Waals surface area (Å²) in [7, 11) is -4.75. The monoisotopic (exact) mass is 614 g/mol. The Morgan fingerprint density at radius 2 is 1.10 bits per heavy atom. The molecule has 0 aliphatic rings. The summed E-state index contributed by atoms with van der Waals surface area (Å²) < 4.78 is 26.0. The van der Waals surface area contributed by atoms with E-state index in [0.717, 1.165) is 44.9 Å². The zero-order chi connectivity index (χ0) is 31.2. The highest BCUT2D eigenvalue weighted by Gasteiger charge is 2.22. The molecule has 0 bridgehead atoms. The molecule has 0 radical (unpaired) electrons. The first-order valence-corrected chi connectivity index (χ1v) is 17.8. The second-order valence-corrected chi connectivity index (χ2v) is 12.0. The van der Waals surface area contributed by atoms with Crippen molar-refractivity contribution in [3.63, 3.8) is 0 Å². The first-order chi connectivity index (χ1) is 20.3. The van der Waals surface area contributed by atoms with Crippen LogP contribution in [0.2, 0.25) is 0 Å². The third-order valence-corrected chi connectivity index (χ3v) is 7.15. The van der Waals surface area contributed by atoms with Gasteiger partial charge in [-0.1, -0.05) is 121 Å².